The number of hydrogen-bond acceptors (Lipinski definition) is 4. The number of carboxylic acid groups (broad SMARTS) is 1. The summed E-state index contributed by atoms with van der Waals surface area (Å²) in [6.45, 7) is 2.54. The lowest BCUT2D eigenvalue weighted by Crippen LogP contribution is -2.33. The van der Waals surface area contributed by atoms with Crippen LogP contribution in [0.1, 0.15) is 6.92 Å². The van der Waals surface area contributed by atoms with Crippen molar-refractivity contribution in [1.82, 2.24) is 15.1 Å². The molecule has 0 spiro atoms. The highest BCUT2D eigenvalue weighted by Crippen LogP contribution is 2.03. The Kier molecular flexibility index (Phi) is 4.61. The summed E-state index contributed by atoms with van der Waals surface area (Å²) in [5.74, 6) is -2.09. The van der Waals surface area contributed by atoms with Gasteiger partial charge in [-0.25, -0.2) is 9.59 Å². The summed E-state index contributed by atoms with van der Waals surface area (Å²) in [5.41, 5.74) is 0.435. The summed E-state index contributed by atoms with van der Waals surface area (Å²) in [6, 6.07) is -0.759. The van der Waals surface area contributed by atoms with Crippen molar-refractivity contribution in [3.05, 3.63) is 24.5 Å². The zero-order valence-electron chi connectivity index (χ0n) is 9.58. The number of urea groups is 1. The Morgan fingerprint density at radius 1 is 1.44 bits per heavy atom. The van der Waals surface area contributed by atoms with Crippen LogP contribution in [-0.4, -0.2) is 32.8 Å². The molecule has 0 aliphatic rings. The third-order valence-electron chi connectivity index (χ3n) is 1.83. The van der Waals surface area contributed by atoms with Gasteiger partial charge in [0.05, 0.1) is 11.9 Å². The second kappa shape index (κ2) is 6.18. The van der Waals surface area contributed by atoms with Crippen LogP contribution in [0.15, 0.2) is 24.5 Å². The van der Waals surface area contributed by atoms with E-state index in [9.17, 15) is 14.4 Å². The van der Waals surface area contributed by atoms with Gasteiger partial charge in [-0.2, -0.15) is 5.10 Å². The van der Waals surface area contributed by atoms with Gasteiger partial charge in [0, 0.05) is 24.9 Å². The quantitative estimate of drug-likeness (QED) is 0.662. The van der Waals surface area contributed by atoms with E-state index in [4.69, 9.17) is 5.11 Å². The Balaban J connectivity index is 2.46. The Labute approximate surface area is 102 Å². The van der Waals surface area contributed by atoms with Gasteiger partial charge in [0.1, 0.15) is 0 Å². The molecule has 3 N–H and O–H groups in total. The molecule has 0 fully saturated rings. The molecule has 0 aliphatic carbocycles. The minimum Gasteiger partial charge on any atom is -0.478 e. The van der Waals surface area contributed by atoms with E-state index in [1.54, 1.807) is 10.9 Å². The number of hydrogen-bond donors (Lipinski definition) is 3. The molecule has 96 valence electrons. The van der Waals surface area contributed by atoms with Crippen LogP contribution in [0.25, 0.3) is 0 Å². The molecule has 0 aromatic carbocycles. The summed E-state index contributed by atoms with van der Waals surface area (Å²) >= 11 is 0. The van der Waals surface area contributed by atoms with E-state index >= 15 is 0 Å². The van der Waals surface area contributed by atoms with Gasteiger partial charge in [0.15, 0.2) is 0 Å². The van der Waals surface area contributed by atoms with Crippen molar-refractivity contribution in [3.8, 4) is 0 Å². The van der Waals surface area contributed by atoms with Crippen molar-refractivity contribution in [2.24, 2.45) is 0 Å². The van der Waals surface area contributed by atoms with E-state index < -0.39 is 17.9 Å². The first-order chi connectivity index (χ1) is 8.51. The van der Waals surface area contributed by atoms with Gasteiger partial charge in [-0.3, -0.25) is 14.8 Å². The molecule has 0 radical (unpaired) electrons. The molecule has 0 atom stereocenters. The van der Waals surface area contributed by atoms with E-state index in [1.807, 2.05) is 12.2 Å². The average molecular weight is 252 g/mol. The molecular formula is C10H12N4O4. The standard InChI is InChI=1S/C10H12N4O4/c1-2-14-6-7(5-11-14)12-10(18)13-8(15)3-4-9(16)17/h3-6H,2H2,1H3,(H,16,17)(H2,12,13,15,18)/b4-3+. The molecule has 8 nitrogen and oxygen atoms in total. The van der Waals surface area contributed by atoms with Gasteiger partial charge in [-0.15, -0.1) is 0 Å². The number of anilines is 1. The van der Waals surface area contributed by atoms with Gasteiger partial charge in [0.25, 0.3) is 5.91 Å². The van der Waals surface area contributed by atoms with Crippen molar-refractivity contribution in [3.63, 3.8) is 0 Å². The lowest BCUT2D eigenvalue weighted by molar-refractivity contribution is -0.131. The number of aryl methyl sites for hydroxylation is 1. The molecule has 0 bridgehead atoms. The summed E-state index contributed by atoms with van der Waals surface area (Å²) < 4.78 is 1.60. The molecule has 18 heavy (non-hydrogen) atoms. The highest BCUT2D eigenvalue weighted by molar-refractivity contribution is 6.06. The van der Waals surface area contributed by atoms with Crippen molar-refractivity contribution >= 4 is 23.6 Å². The zero-order valence-corrected chi connectivity index (χ0v) is 9.58. The van der Waals surface area contributed by atoms with E-state index in [0.717, 1.165) is 6.08 Å². The van der Waals surface area contributed by atoms with Crippen LogP contribution in [-0.2, 0) is 16.1 Å². The van der Waals surface area contributed by atoms with Crippen molar-refractivity contribution in [2.45, 2.75) is 13.5 Å². The number of aliphatic carboxylic acids is 1. The Morgan fingerprint density at radius 3 is 2.72 bits per heavy atom. The van der Waals surface area contributed by atoms with Crippen molar-refractivity contribution in [1.29, 1.82) is 0 Å². The van der Waals surface area contributed by atoms with E-state index in [-0.39, 0.29) is 0 Å². The SMILES string of the molecule is CCn1cc(NC(=O)NC(=O)/C=C/C(=O)O)cn1. The number of carbonyl (C=O) groups excluding carboxylic acids is 2. The largest absolute Gasteiger partial charge is 0.478 e. The fraction of sp³-hybridized carbons (Fsp3) is 0.200. The third kappa shape index (κ3) is 4.47. The summed E-state index contributed by atoms with van der Waals surface area (Å²) in [6.07, 6.45) is 4.41. The smallest absolute Gasteiger partial charge is 0.328 e. The van der Waals surface area contributed by atoms with E-state index in [2.05, 4.69) is 10.4 Å². The van der Waals surface area contributed by atoms with Gasteiger partial charge in [-0.05, 0) is 6.92 Å². The highest BCUT2D eigenvalue weighted by Gasteiger charge is 2.06. The molecule has 0 saturated carbocycles. The number of nitrogens with zero attached hydrogens (tertiary/aromatic N) is 2. The molecule has 1 aromatic rings. The maximum atomic E-state index is 11.3. The van der Waals surface area contributed by atoms with Crippen LogP contribution in [0.5, 0.6) is 0 Å². The van der Waals surface area contributed by atoms with Crippen LogP contribution < -0.4 is 10.6 Å². The number of imide groups is 1. The van der Waals surface area contributed by atoms with Crippen molar-refractivity contribution in [2.75, 3.05) is 5.32 Å². The number of carboxylic acids is 1. The normalized spacial score (nSPS) is 10.3. The first kappa shape index (κ1) is 13.4. The zero-order chi connectivity index (χ0) is 13.5. The molecule has 1 aromatic heterocycles. The second-order valence-corrected chi connectivity index (χ2v) is 3.20. The second-order valence-electron chi connectivity index (χ2n) is 3.20. The van der Waals surface area contributed by atoms with Gasteiger partial charge in [0.2, 0.25) is 0 Å². The predicted octanol–water partition coefficient (Wildman–Crippen LogP) is 0.192. The molecule has 0 saturated heterocycles. The van der Waals surface area contributed by atoms with Gasteiger partial charge >= 0.3 is 12.0 Å². The minimum absolute atomic E-state index is 0.435. The third-order valence-corrected chi connectivity index (χ3v) is 1.83. The van der Waals surface area contributed by atoms with E-state index in [0.29, 0.717) is 18.3 Å². The molecular weight excluding hydrogens is 240 g/mol. The topological polar surface area (TPSA) is 113 Å². The number of amides is 3. The Morgan fingerprint density at radius 2 is 2.17 bits per heavy atom. The van der Waals surface area contributed by atoms with Crippen LogP contribution in [0, 0.1) is 0 Å². The Hall–Kier alpha value is -2.64. The minimum atomic E-state index is -1.27. The first-order valence-electron chi connectivity index (χ1n) is 5.06. The summed E-state index contributed by atoms with van der Waals surface area (Å²) in [4.78, 5) is 32.5. The predicted molar refractivity (Wildman–Crippen MR) is 61.8 cm³/mol. The Bertz CT molecular complexity index is 492. The van der Waals surface area contributed by atoms with Crippen molar-refractivity contribution < 1.29 is 19.5 Å². The monoisotopic (exact) mass is 252 g/mol. The maximum absolute atomic E-state index is 11.3. The molecule has 8 heteroatoms. The maximum Gasteiger partial charge on any atom is 0.328 e. The summed E-state index contributed by atoms with van der Waals surface area (Å²) in [7, 11) is 0. The molecule has 0 unspecified atom stereocenters. The van der Waals surface area contributed by atoms with Gasteiger partial charge in [-0.1, -0.05) is 0 Å². The fourth-order valence-corrected chi connectivity index (χ4v) is 1.06. The van der Waals surface area contributed by atoms with Crippen LogP contribution in [0.3, 0.4) is 0 Å². The number of nitrogens with one attached hydrogen (secondary N) is 2. The molecule has 1 heterocycles. The van der Waals surface area contributed by atoms with Crippen LogP contribution in [0.2, 0.25) is 0 Å². The number of carbonyl (C=O) groups is 3. The van der Waals surface area contributed by atoms with Gasteiger partial charge < -0.3 is 10.4 Å². The average Bonchev–Trinajstić information content (AvgIpc) is 2.73. The van der Waals surface area contributed by atoms with E-state index in [1.165, 1.54) is 6.20 Å². The molecule has 1 rings (SSSR count). The number of rotatable bonds is 4. The number of aromatic nitrogens is 2. The first-order valence-corrected chi connectivity index (χ1v) is 5.06. The lowest BCUT2D eigenvalue weighted by atomic mass is 10.4. The summed E-state index contributed by atoms with van der Waals surface area (Å²) in [5, 5.41) is 16.5. The fourth-order valence-electron chi connectivity index (χ4n) is 1.06. The van der Waals surface area contributed by atoms with Crippen LogP contribution >= 0.6 is 0 Å². The van der Waals surface area contributed by atoms with Crippen LogP contribution in [0.4, 0.5) is 10.5 Å². The highest BCUT2D eigenvalue weighted by atomic mass is 16.4. The molecule has 3 amide bonds. The lowest BCUT2D eigenvalue weighted by Gasteiger charge is -2.01. The molecule has 0 aliphatic heterocycles.